The molecule has 1 heterocycles. The fourth-order valence-electron chi connectivity index (χ4n) is 1.28. The summed E-state index contributed by atoms with van der Waals surface area (Å²) in [4.78, 5) is 22.2. The lowest BCUT2D eigenvalue weighted by Crippen LogP contribution is -2.20. The standard InChI is InChI=1S/C10H6ClNO3/c11-7-3-1-2-5-4-6(9(12)13)10(14)15-8(5)7/h1-4H,(H2,12,13). The average Bonchev–Trinajstić information content (AvgIpc) is 2.18. The highest BCUT2D eigenvalue weighted by molar-refractivity contribution is 6.34. The number of primary amides is 1. The molecular weight excluding hydrogens is 218 g/mol. The molecule has 0 spiro atoms. The topological polar surface area (TPSA) is 73.3 Å². The minimum Gasteiger partial charge on any atom is -0.421 e. The fraction of sp³-hybridized carbons (Fsp3) is 0. The van der Waals surface area contributed by atoms with Gasteiger partial charge in [-0.3, -0.25) is 4.79 Å². The monoisotopic (exact) mass is 223 g/mol. The number of carbonyl (C=O) groups is 1. The molecule has 0 unspecified atom stereocenters. The van der Waals surface area contributed by atoms with E-state index in [0.29, 0.717) is 10.4 Å². The van der Waals surface area contributed by atoms with Crippen molar-refractivity contribution in [3.8, 4) is 0 Å². The zero-order valence-electron chi connectivity index (χ0n) is 7.49. The van der Waals surface area contributed by atoms with Gasteiger partial charge in [0.2, 0.25) is 0 Å². The Kier molecular flexibility index (Phi) is 2.21. The van der Waals surface area contributed by atoms with Gasteiger partial charge < -0.3 is 10.2 Å². The number of nitrogens with two attached hydrogens (primary N) is 1. The van der Waals surface area contributed by atoms with E-state index in [9.17, 15) is 9.59 Å². The quantitative estimate of drug-likeness (QED) is 0.746. The number of hydrogen-bond acceptors (Lipinski definition) is 3. The van der Waals surface area contributed by atoms with Crippen molar-refractivity contribution < 1.29 is 9.21 Å². The van der Waals surface area contributed by atoms with Gasteiger partial charge in [-0.25, -0.2) is 4.79 Å². The first kappa shape index (κ1) is 9.73. The lowest BCUT2D eigenvalue weighted by Gasteiger charge is -1.99. The van der Waals surface area contributed by atoms with Gasteiger partial charge in [0.1, 0.15) is 5.56 Å². The maximum absolute atomic E-state index is 11.3. The molecule has 15 heavy (non-hydrogen) atoms. The lowest BCUT2D eigenvalue weighted by molar-refractivity contribution is 0.0997. The molecule has 0 aliphatic heterocycles. The van der Waals surface area contributed by atoms with Crippen molar-refractivity contribution in [3.05, 3.63) is 45.3 Å². The first-order chi connectivity index (χ1) is 7.09. The summed E-state index contributed by atoms with van der Waals surface area (Å²) >= 11 is 5.81. The predicted octanol–water partition coefficient (Wildman–Crippen LogP) is 1.55. The molecule has 4 nitrogen and oxygen atoms in total. The summed E-state index contributed by atoms with van der Waals surface area (Å²) in [5.41, 5.74) is 4.32. The van der Waals surface area contributed by atoms with E-state index < -0.39 is 11.5 Å². The molecule has 5 heteroatoms. The summed E-state index contributed by atoms with van der Waals surface area (Å²) in [5.74, 6) is -0.814. The Morgan fingerprint density at radius 3 is 2.80 bits per heavy atom. The first-order valence-corrected chi connectivity index (χ1v) is 4.49. The highest BCUT2D eigenvalue weighted by atomic mass is 35.5. The van der Waals surface area contributed by atoms with Crippen molar-refractivity contribution in [1.29, 1.82) is 0 Å². The van der Waals surface area contributed by atoms with Crippen molar-refractivity contribution in [1.82, 2.24) is 0 Å². The number of amides is 1. The van der Waals surface area contributed by atoms with Crippen LogP contribution in [0, 0.1) is 0 Å². The largest absolute Gasteiger partial charge is 0.421 e. The molecular formula is C10H6ClNO3. The van der Waals surface area contributed by atoms with E-state index in [-0.39, 0.29) is 11.1 Å². The Morgan fingerprint density at radius 2 is 2.13 bits per heavy atom. The number of carbonyl (C=O) groups excluding carboxylic acids is 1. The number of hydrogen-bond donors (Lipinski definition) is 1. The summed E-state index contributed by atoms with van der Waals surface area (Å²) in [6, 6.07) is 6.33. The number of benzene rings is 1. The van der Waals surface area contributed by atoms with Crippen LogP contribution in [0.25, 0.3) is 11.0 Å². The van der Waals surface area contributed by atoms with Crippen molar-refractivity contribution in [2.75, 3.05) is 0 Å². The zero-order chi connectivity index (χ0) is 11.0. The maximum Gasteiger partial charge on any atom is 0.349 e. The van der Waals surface area contributed by atoms with E-state index in [0.717, 1.165) is 0 Å². The highest BCUT2D eigenvalue weighted by Gasteiger charge is 2.11. The second kappa shape index (κ2) is 3.40. The van der Waals surface area contributed by atoms with Gasteiger partial charge in [0, 0.05) is 5.39 Å². The molecule has 0 aliphatic rings. The van der Waals surface area contributed by atoms with Crippen molar-refractivity contribution in [2.45, 2.75) is 0 Å². The van der Waals surface area contributed by atoms with Crippen LogP contribution in [0.3, 0.4) is 0 Å². The average molecular weight is 224 g/mol. The molecule has 2 N–H and O–H groups in total. The third kappa shape index (κ3) is 1.59. The van der Waals surface area contributed by atoms with Gasteiger partial charge in [-0.1, -0.05) is 23.7 Å². The smallest absolute Gasteiger partial charge is 0.349 e. The van der Waals surface area contributed by atoms with Crippen LogP contribution >= 0.6 is 11.6 Å². The highest BCUT2D eigenvalue weighted by Crippen LogP contribution is 2.22. The third-order valence-electron chi connectivity index (χ3n) is 1.98. The summed E-state index contributed by atoms with van der Waals surface area (Å²) in [6.07, 6.45) is 0. The second-order valence-electron chi connectivity index (χ2n) is 2.97. The number of halogens is 1. The van der Waals surface area contributed by atoms with E-state index in [1.165, 1.54) is 6.07 Å². The van der Waals surface area contributed by atoms with Crippen LogP contribution in [-0.4, -0.2) is 5.91 Å². The van der Waals surface area contributed by atoms with E-state index in [2.05, 4.69) is 0 Å². The molecule has 1 aromatic heterocycles. The Bertz CT molecular complexity index is 603. The Morgan fingerprint density at radius 1 is 1.40 bits per heavy atom. The molecule has 76 valence electrons. The van der Waals surface area contributed by atoms with Crippen LogP contribution in [0.1, 0.15) is 10.4 Å². The van der Waals surface area contributed by atoms with Gasteiger partial charge in [0.15, 0.2) is 5.58 Å². The van der Waals surface area contributed by atoms with E-state index >= 15 is 0 Å². The summed E-state index contributed by atoms with van der Waals surface area (Å²) < 4.78 is 4.90. The fourth-order valence-corrected chi connectivity index (χ4v) is 1.50. The van der Waals surface area contributed by atoms with Gasteiger partial charge >= 0.3 is 5.63 Å². The van der Waals surface area contributed by atoms with Crippen LogP contribution in [0.15, 0.2) is 33.5 Å². The zero-order valence-corrected chi connectivity index (χ0v) is 8.25. The SMILES string of the molecule is NC(=O)c1cc2cccc(Cl)c2oc1=O. The van der Waals surface area contributed by atoms with Crippen molar-refractivity contribution in [3.63, 3.8) is 0 Å². The van der Waals surface area contributed by atoms with Crippen LogP contribution in [0.4, 0.5) is 0 Å². The Hall–Kier alpha value is -1.81. The molecule has 0 saturated heterocycles. The van der Waals surface area contributed by atoms with Crippen molar-refractivity contribution >= 4 is 28.5 Å². The van der Waals surface area contributed by atoms with Gasteiger partial charge in [-0.05, 0) is 12.1 Å². The summed E-state index contributed by atoms with van der Waals surface area (Å²) in [6.45, 7) is 0. The van der Waals surface area contributed by atoms with E-state index in [1.807, 2.05) is 0 Å². The molecule has 0 radical (unpaired) electrons. The molecule has 2 rings (SSSR count). The minimum atomic E-state index is -0.814. The number of para-hydroxylation sites is 1. The minimum absolute atomic E-state index is 0.176. The molecule has 0 fully saturated rings. The van der Waals surface area contributed by atoms with Gasteiger partial charge in [0.25, 0.3) is 5.91 Å². The van der Waals surface area contributed by atoms with Crippen LogP contribution < -0.4 is 11.4 Å². The molecule has 1 aromatic carbocycles. The molecule has 1 amide bonds. The molecule has 0 aliphatic carbocycles. The second-order valence-corrected chi connectivity index (χ2v) is 3.38. The van der Waals surface area contributed by atoms with Gasteiger partial charge in [0.05, 0.1) is 5.02 Å². The summed E-state index contributed by atoms with van der Waals surface area (Å²) in [7, 11) is 0. The number of rotatable bonds is 1. The van der Waals surface area contributed by atoms with Gasteiger partial charge in [-0.2, -0.15) is 0 Å². The first-order valence-electron chi connectivity index (χ1n) is 4.12. The van der Waals surface area contributed by atoms with Gasteiger partial charge in [-0.15, -0.1) is 0 Å². The van der Waals surface area contributed by atoms with Crippen molar-refractivity contribution in [2.24, 2.45) is 5.73 Å². The normalized spacial score (nSPS) is 10.5. The summed E-state index contributed by atoms with van der Waals surface area (Å²) in [5, 5.41) is 0.886. The van der Waals surface area contributed by atoms with E-state index in [4.69, 9.17) is 21.8 Å². The molecule has 0 atom stereocenters. The molecule has 0 saturated carbocycles. The van der Waals surface area contributed by atoms with Crippen LogP contribution in [0.2, 0.25) is 5.02 Å². The van der Waals surface area contributed by atoms with Crippen LogP contribution in [-0.2, 0) is 0 Å². The number of fused-ring (bicyclic) bond motifs is 1. The Labute approximate surface area is 89.2 Å². The maximum atomic E-state index is 11.3. The predicted molar refractivity (Wildman–Crippen MR) is 56.0 cm³/mol. The molecule has 2 aromatic rings. The third-order valence-corrected chi connectivity index (χ3v) is 2.28. The van der Waals surface area contributed by atoms with Crippen LogP contribution in [0.5, 0.6) is 0 Å². The Balaban J connectivity index is 2.88. The van der Waals surface area contributed by atoms with E-state index in [1.54, 1.807) is 18.2 Å². The molecule has 0 bridgehead atoms. The lowest BCUT2D eigenvalue weighted by atomic mass is 10.2.